The van der Waals surface area contributed by atoms with Crippen molar-refractivity contribution < 1.29 is 0 Å². The number of hydrogen-bond acceptors (Lipinski definition) is 2. The zero-order valence-corrected chi connectivity index (χ0v) is 6.03. The highest BCUT2D eigenvalue weighted by molar-refractivity contribution is 6.16. The van der Waals surface area contributed by atoms with Crippen LogP contribution in [0.3, 0.4) is 0 Å². The minimum Gasteiger partial charge on any atom is -0.287 e. The molecule has 0 aliphatic carbocycles. The molecule has 0 atom stereocenters. The first-order valence-corrected chi connectivity index (χ1v) is 3.12. The largest absolute Gasteiger partial charge is 0.287 e. The molecule has 0 amide bonds. The van der Waals surface area contributed by atoms with Crippen LogP contribution in [0.25, 0.3) is 0 Å². The molecule has 0 aromatic heterocycles. The minimum absolute atomic E-state index is 0.653. The first-order valence-electron chi connectivity index (χ1n) is 3.12. The molecule has 0 aromatic rings. The molecular weight excluding hydrogens is 124 g/mol. The van der Waals surface area contributed by atoms with Crippen molar-refractivity contribution in [1.29, 1.82) is 0 Å². The molecule has 0 saturated carbocycles. The summed E-state index contributed by atoms with van der Waals surface area (Å²) in [6.07, 6.45) is 6.78. The van der Waals surface area contributed by atoms with E-state index in [-0.39, 0.29) is 0 Å². The van der Waals surface area contributed by atoms with E-state index in [9.17, 15) is 0 Å². The Kier molecular flexibility index (Phi) is 6.90. The van der Waals surface area contributed by atoms with Gasteiger partial charge in [0.05, 0.1) is 13.1 Å². The number of rotatable bonds is 5. The van der Waals surface area contributed by atoms with Crippen molar-refractivity contribution in [2.75, 3.05) is 13.1 Å². The van der Waals surface area contributed by atoms with Crippen LogP contribution in [0.5, 0.6) is 0 Å². The topological polar surface area (TPSA) is 24.7 Å². The summed E-state index contributed by atoms with van der Waals surface area (Å²) in [6.45, 7) is 8.35. The lowest BCUT2D eigenvalue weighted by molar-refractivity contribution is 1.25. The minimum atomic E-state index is 0.653. The second-order valence-electron chi connectivity index (χ2n) is 1.61. The smallest absolute Gasteiger partial charge is 0.0568 e. The quantitative estimate of drug-likeness (QED) is 0.404. The summed E-state index contributed by atoms with van der Waals surface area (Å²) in [4.78, 5) is 7.87. The average molecular weight is 136 g/mol. The van der Waals surface area contributed by atoms with Crippen molar-refractivity contribution in [3.63, 3.8) is 0 Å². The third-order valence-electron chi connectivity index (χ3n) is 0.747. The highest BCUT2D eigenvalue weighted by Gasteiger charge is 1.66. The standard InChI is InChI=1S/C8H12N2/c1-3-5-9-7-8-10-6-4-2/h3-4,7-8H,1-2,5-6H2. The fourth-order valence-electron chi connectivity index (χ4n) is 0.365. The van der Waals surface area contributed by atoms with Crippen molar-refractivity contribution in [3.8, 4) is 0 Å². The maximum Gasteiger partial charge on any atom is 0.0568 e. The maximum absolute atomic E-state index is 3.94. The van der Waals surface area contributed by atoms with Crippen LogP contribution in [0.2, 0.25) is 0 Å². The Balaban J connectivity index is 3.31. The van der Waals surface area contributed by atoms with Gasteiger partial charge in [0.2, 0.25) is 0 Å². The lowest BCUT2D eigenvalue weighted by atomic mass is 10.6. The summed E-state index contributed by atoms with van der Waals surface area (Å²) in [5.41, 5.74) is 0. The Hall–Kier alpha value is -1.18. The monoisotopic (exact) mass is 136 g/mol. The van der Waals surface area contributed by atoms with Gasteiger partial charge in [-0.2, -0.15) is 0 Å². The van der Waals surface area contributed by atoms with Gasteiger partial charge in [-0.15, -0.1) is 13.2 Å². The highest BCUT2D eigenvalue weighted by Crippen LogP contribution is 1.68. The Morgan fingerprint density at radius 3 is 1.60 bits per heavy atom. The van der Waals surface area contributed by atoms with Crippen LogP contribution in [0.1, 0.15) is 0 Å². The predicted molar refractivity (Wildman–Crippen MR) is 47.1 cm³/mol. The van der Waals surface area contributed by atoms with Crippen LogP contribution in [-0.4, -0.2) is 25.5 Å². The normalized spacial score (nSPS) is 10.8. The maximum atomic E-state index is 3.94. The van der Waals surface area contributed by atoms with Crippen molar-refractivity contribution >= 4 is 12.4 Å². The second-order valence-corrected chi connectivity index (χ2v) is 1.61. The zero-order valence-electron chi connectivity index (χ0n) is 6.03. The molecule has 0 rings (SSSR count). The third-order valence-corrected chi connectivity index (χ3v) is 0.747. The molecule has 0 radical (unpaired) electrons. The van der Waals surface area contributed by atoms with Crippen molar-refractivity contribution in [2.24, 2.45) is 9.98 Å². The van der Waals surface area contributed by atoms with E-state index in [1.54, 1.807) is 24.6 Å². The SMILES string of the molecule is C=CCN=CC=NCC=C. The lowest BCUT2D eigenvalue weighted by Crippen LogP contribution is -1.79. The van der Waals surface area contributed by atoms with E-state index in [0.717, 1.165) is 0 Å². The van der Waals surface area contributed by atoms with Gasteiger partial charge in [0, 0.05) is 12.4 Å². The number of aliphatic imine (C=N–C) groups is 2. The van der Waals surface area contributed by atoms with E-state index in [0.29, 0.717) is 13.1 Å². The van der Waals surface area contributed by atoms with Crippen LogP contribution in [-0.2, 0) is 0 Å². The first kappa shape index (κ1) is 8.82. The average Bonchev–Trinajstić information content (AvgIpc) is 1.97. The Labute approximate surface area is 61.7 Å². The van der Waals surface area contributed by atoms with Crippen molar-refractivity contribution in [3.05, 3.63) is 25.3 Å². The van der Waals surface area contributed by atoms with Crippen LogP contribution >= 0.6 is 0 Å². The zero-order chi connectivity index (χ0) is 7.66. The molecule has 10 heavy (non-hydrogen) atoms. The molecule has 0 saturated heterocycles. The summed E-state index contributed by atoms with van der Waals surface area (Å²) >= 11 is 0. The van der Waals surface area contributed by atoms with E-state index in [2.05, 4.69) is 23.1 Å². The molecule has 0 fully saturated rings. The van der Waals surface area contributed by atoms with Crippen LogP contribution in [0.15, 0.2) is 35.3 Å². The molecule has 0 N–H and O–H groups in total. The first-order chi connectivity index (χ1) is 4.91. The van der Waals surface area contributed by atoms with Gasteiger partial charge in [-0.05, 0) is 0 Å². The lowest BCUT2D eigenvalue weighted by Gasteiger charge is -1.78. The molecule has 0 unspecified atom stereocenters. The molecule has 2 heteroatoms. The van der Waals surface area contributed by atoms with E-state index in [1.807, 2.05) is 0 Å². The van der Waals surface area contributed by atoms with Crippen molar-refractivity contribution in [1.82, 2.24) is 0 Å². The van der Waals surface area contributed by atoms with E-state index < -0.39 is 0 Å². The van der Waals surface area contributed by atoms with E-state index >= 15 is 0 Å². The van der Waals surface area contributed by atoms with Gasteiger partial charge in [0.25, 0.3) is 0 Å². The molecular formula is C8H12N2. The fourth-order valence-corrected chi connectivity index (χ4v) is 0.365. The molecule has 0 spiro atoms. The van der Waals surface area contributed by atoms with Crippen molar-refractivity contribution in [2.45, 2.75) is 0 Å². The summed E-state index contributed by atoms with van der Waals surface area (Å²) < 4.78 is 0. The Morgan fingerprint density at radius 1 is 0.900 bits per heavy atom. The van der Waals surface area contributed by atoms with E-state index in [4.69, 9.17) is 0 Å². The third kappa shape index (κ3) is 6.82. The second kappa shape index (κ2) is 7.82. The van der Waals surface area contributed by atoms with Gasteiger partial charge >= 0.3 is 0 Å². The Bertz CT molecular complexity index is 127. The Morgan fingerprint density at radius 2 is 1.30 bits per heavy atom. The molecule has 0 aromatic carbocycles. The molecule has 0 bridgehead atoms. The van der Waals surface area contributed by atoms with E-state index in [1.165, 1.54) is 0 Å². The summed E-state index contributed by atoms with van der Waals surface area (Å²) in [5, 5.41) is 0. The van der Waals surface area contributed by atoms with Gasteiger partial charge in [0.1, 0.15) is 0 Å². The van der Waals surface area contributed by atoms with Gasteiger partial charge in [-0.3, -0.25) is 9.98 Å². The van der Waals surface area contributed by atoms with Gasteiger partial charge in [0.15, 0.2) is 0 Å². The summed E-state index contributed by atoms with van der Waals surface area (Å²) in [6, 6.07) is 0. The fraction of sp³-hybridized carbons (Fsp3) is 0.250. The molecule has 0 aliphatic heterocycles. The molecule has 0 heterocycles. The van der Waals surface area contributed by atoms with Gasteiger partial charge < -0.3 is 0 Å². The van der Waals surface area contributed by atoms with Gasteiger partial charge in [-0.25, -0.2) is 0 Å². The molecule has 2 nitrogen and oxygen atoms in total. The van der Waals surface area contributed by atoms with Crippen LogP contribution in [0.4, 0.5) is 0 Å². The number of nitrogens with zero attached hydrogens (tertiary/aromatic N) is 2. The van der Waals surface area contributed by atoms with Crippen LogP contribution < -0.4 is 0 Å². The molecule has 54 valence electrons. The summed E-state index contributed by atoms with van der Waals surface area (Å²) in [7, 11) is 0. The predicted octanol–water partition coefficient (Wildman–Crippen LogP) is 1.50. The highest BCUT2D eigenvalue weighted by atomic mass is 14.7. The number of hydrogen-bond donors (Lipinski definition) is 0. The summed E-state index contributed by atoms with van der Waals surface area (Å²) in [5.74, 6) is 0. The van der Waals surface area contributed by atoms with Crippen LogP contribution in [0, 0.1) is 0 Å². The van der Waals surface area contributed by atoms with Gasteiger partial charge in [-0.1, -0.05) is 12.2 Å². The molecule has 0 aliphatic rings.